The molecule has 22 N–H and O–H groups in total. The molecule has 0 saturated carbocycles. The SMILES string of the molecule is C.C.C.CC.CCCCN.CCCCNC.CCCCNC.CCCCNC.CCCCNC.CCCCNC.CCCCNCNCCNC(=O)OC(C)(C)C.CNCCNC(=O)OC(C)(C)C.NCCN.NCCNCNCCN. The summed E-state index contributed by atoms with van der Waals surface area (Å²) in [6.45, 7) is 46.5. The average Bonchev–Trinajstić information content (AvgIpc) is 3.42. The van der Waals surface area contributed by atoms with Crippen molar-refractivity contribution in [1.82, 2.24) is 63.8 Å². The van der Waals surface area contributed by atoms with Gasteiger partial charge in [-0.05, 0) is 175 Å². The van der Waals surface area contributed by atoms with E-state index >= 15 is 0 Å². The minimum Gasteiger partial charge on any atom is -0.444 e. The van der Waals surface area contributed by atoms with Gasteiger partial charge in [-0.2, -0.15) is 0 Å². The van der Waals surface area contributed by atoms with Crippen molar-refractivity contribution in [3.05, 3.63) is 0 Å². The number of carbonyl (C=O) groups excluding carboxylic acids is 2. The van der Waals surface area contributed by atoms with Crippen molar-refractivity contribution >= 4 is 12.2 Å². The Bertz CT molecular complexity index is 852. The highest BCUT2D eigenvalue weighted by Crippen LogP contribution is 2.06. The molecule has 0 bridgehead atoms. The summed E-state index contributed by atoms with van der Waals surface area (Å²) in [6.07, 6.45) is 17.0. The number of hydrogen-bond donors (Lipinski definition) is 17. The van der Waals surface area contributed by atoms with Crippen LogP contribution in [0.2, 0.25) is 0 Å². The molecule has 0 fully saturated rings. The van der Waals surface area contributed by atoms with Gasteiger partial charge in [0.05, 0.1) is 0 Å². The fourth-order valence-electron chi connectivity index (χ4n) is 4.18. The molecule has 21 nitrogen and oxygen atoms in total. The summed E-state index contributed by atoms with van der Waals surface area (Å²) in [5.41, 5.74) is 24.6. The minimum atomic E-state index is -0.431. The van der Waals surface area contributed by atoms with Crippen molar-refractivity contribution in [3.63, 3.8) is 0 Å². The van der Waals surface area contributed by atoms with Crippen molar-refractivity contribution < 1.29 is 19.1 Å². The second kappa shape index (κ2) is 121. The summed E-state index contributed by atoms with van der Waals surface area (Å²) in [5.74, 6) is 0. The van der Waals surface area contributed by atoms with E-state index in [2.05, 4.69) is 112 Å². The van der Waals surface area contributed by atoms with Gasteiger partial charge in [0, 0.05) is 78.8 Å². The predicted octanol–water partition coefficient (Wildman–Crippen LogP) is 7.83. The Morgan fingerprint density at radius 2 is 0.549 bits per heavy atom. The smallest absolute Gasteiger partial charge is 0.407 e. The maximum absolute atomic E-state index is 11.3. The molecule has 0 atom stereocenters. The Kier molecular flexibility index (Phi) is 169. The molecule has 516 valence electrons. The van der Waals surface area contributed by atoms with E-state index in [9.17, 15) is 9.59 Å². The van der Waals surface area contributed by atoms with Gasteiger partial charge in [0.25, 0.3) is 0 Å². The topological polar surface area (TPSA) is 327 Å². The van der Waals surface area contributed by atoms with E-state index in [1.165, 1.54) is 89.9 Å². The fourth-order valence-corrected chi connectivity index (χ4v) is 4.18. The number of nitrogens with two attached hydrogens (primary N) is 5. The Hall–Kier alpha value is -2.06. The van der Waals surface area contributed by atoms with Crippen LogP contribution in [0.5, 0.6) is 0 Å². The van der Waals surface area contributed by atoms with E-state index in [0.717, 1.165) is 85.3 Å². The number of likely N-dealkylation sites (N-methyl/N-ethyl adjacent to an activating group) is 1. The van der Waals surface area contributed by atoms with Crippen molar-refractivity contribution in [2.24, 2.45) is 28.7 Å². The maximum Gasteiger partial charge on any atom is 0.407 e. The Morgan fingerprint density at radius 3 is 0.732 bits per heavy atom. The quantitative estimate of drug-likeness (QED) is 0.0212. The average molecular weight is 1200 g/mol. The van der Waals surface area contributed by atoms with Crippen LogP contribution >= 0.6 is 0 Å². The van der Waals surface area contributed by atoms with Crippen molar-refractivity contribution in [3.8, 4) is 0 Å². The van der Waals surface area contributed by atoms with E-state index in [4.69, 9.17) is 38.1 Å². The Labute approximate surface area is 516 Å². The van der Waals surface area contributed by atoms with Crippen LogP contribution in [0.3, 0.4) is 0 Å². The van der Waals surface area contributed by atoms with E-state index in [0.29, 0.717) is 39.3 Å². The van der Waals surface area contributed by atoms with Gasteiger partial charge in [-0.25, -0.2) is 9.59 Å². The molecular weight excluding hydrogens is 1030 g/mol. The minimum absolute atomic E-state index is 0. The van der Waals surface area contributed by atoms with E-state index < -0.39 is 11.2 Å². The van der Waals surface area contributed by atoms with Crippen LogP contribution in [-0.4, -0.2) is 190 Å². The highest BCUT2D eigenvalue weighted by Gasteiger charge is 2.16. The lowest BCUT2D eigenvalue weighted by Crippen LogP contribution is -2.38. The third-order valence-electron chi connectivity index (χ3n) is 8.49. The molecule has 2 amide bonds. The van der Waals surface area contributed by atoms with E-state index in [1.54, 1.807) is 0 Å². The molecular formula is C61H163N17O4. The van der Waals surface area contributed by atoms with E-state index in [-0.39, 0.29) is 34.5 Å². The van der Waals surface area contributed by atoms with Gasteiger partial charge >= 0.3 is 12.2 Å². The molecule has 0 aromatic heterocycles. The van der Waals surface area contributed by atoms with Crippen LogP contribution < -0.4 is 92.5 Å². The number of amides is 2. The lowest BCUT2D eigenvalue weighted by Gasteiger charge is -2.19. The van der Waals surface area contributed by atoms with Gasteiger partial charge in [0.15, 0.2) is 0 Å². The first-order valence-electron chi connectivity index (χ1n) is 30.9. The maximum atomic E-state index is 11.3. The second-order valence-electron chi connectivity index (χ2n) is 19.3. The van der Waals surface area contributed by atoms with Gasteiger partial charge in [-0.3, -0.25) is 0 Å². The van der Waals surface area contributed by atoms with Crippen LogP contribution in [0.4, 0.5) is 9.59 Å². The van der Waals surface area contributed by atoms with Gasteiger partial charge in [0.2, 0.25) is 0 Å². The summed E-state index contributed by atoms with van der Waals surface area (Å²) in [5, 5.41) is 36.2. The van der Waals surface area contributed by atoms with Crippen LogP contribution in [0.25, 0.3) is 0 Å². The van der Waals surface area contributed by atoms with Crippen LogP contribution in [0.1, 0.15) is 216 Å². The molecule has 0 aliphatic heterocycles. The molecule has 0 radical (unpaired) electrons. The third-order valence-corrected chi connectivity index (χ3v) is 8.49. The van der Waals surface area contributed by atoms with Crippen molar-refractivity contribution in [2.75, 3.05) is 167 Å². The number of unbranched alkanes of at least 4 members (excludes halogenated alkanes) is 7. The normalized spacial score (nSPS) is 9.29. The molecule has 82 heavy (non-hydrogen) atoms. The molecule has 0 saturated heterocycles. The molecule has 0 aliphatic rings. The number of ether oxygens (including phenoxy) is 2. The highest BCUT2D eigenvalue weighted by molar-refractivity contribution is 5.67. The van der Waals surface area contributed by atoms with Crippen LogP contribution in [-0.2, 0) is 9.47 Å². The van der Waals surface area contributed by atoms with Crippen LogP contribution in [0, 0.1) is 0 Å². The Morgan fingerprint density at radius 1 is 0.317 bits per heavy atom. The second-order valence-corrected chi connectivity index (χ2v) is 19.3. The molecule has 0 heterocycles. The molecule has 0 aromatic carbocycles. The van der Waals surface area contributed by atoms with Gasteiger partial charge < -0.3 is 102 Å². The fraction of sp³-hybridized carbons (Fsp3) is 0.967. The predicted molar refractivity (Wildman–Crippen MR) is 375 cm³/mol. The van der Waals surface area contributed by atoms with Crippen molar-refractivity contribution in [2.45, 2.75) is 227 Å². The molecule has 0 unspecified atom stereocenters. The number of rotatable bonds is 35. The standard InChI is InChI=1S/C12H27N3O2.C8H18N2O2.C5H16N4.5C5H13N.C4H11N.C2H8N2.C2H6.3CH4/c1-5-6-7-13-10-14-8-9-15-11(16)17-12(2,3)4;1-8(2,3)12-7(11)10-6-5-9-4;6-1-3-8-5-9-4-2-7;5*1-3-4-5-6-2;1-2-3-4-5;3-1-2-4;1-2;;;/h13-14H,5-10H2,1-4H3,(H,15,16);9H,5-6H2,1-4H3,(H,10,11);8-9H,1-7H2;5*6H,3-5H2,1-2H3;2-5H2,1H3;1-4H2;1-2H3;3*1H4. The number of hydrogen-bond acceptors (Lipinski definition) is 19. The largest absolute Gasteiger partial charge is 0.444 e. The zero-order valence-corrected chi connectivity index (χ0v) is 56.9. The zero-order chi connectivity index (χ0) is 63.4. The summed E-state index contributed by atoms with van der Waals surface area (Å²) in [7, 11) is 11.7. The third kappa shape index (κ3) is 209. The number of alkyl carbamates (subject to hydrolysis) is 2. The highest BCUT2D eigenvalue weighted by atomic mass is 16.6. The summed E-state index contributed by atoms with van der Waals surface area (Å²) < 4.78 is 10.1. The molecule has 0 spiro atoms. The van der Waals surface area contributed by atoms with Gasteiger partial charge in [0.1, 0.15) is 11.2 Å². The van der Waals surface area contributed by atoms with Crippen LogP contribution in [0.15, 0.2) is 0 Å². The van der Waals surface area contributed by atoms with Gasteiger partial charge in [-0.15, -0.1) is 0 Å². The molecule has 0 rings (SSSR count). The summed E-state index contributed by atoms with van der Waals surface area (Å²) >= 11 is 0. The first-order valence-corrected chi connectivity index (χ1v) is 30.9. The lowest BCUT2D eigenvalue weighted by atomic mass is 10.2. The Balaban J connectivity index is -0.0000000535. The van der Waals surface area contributed by atoms with Crippen molar-refractivity contribution in [1.29, 1.82) is 0 Å². The zero-order valence-electron chi connectivity index (χ0n) is 56.9. The first kappa shape index (κ1) is 115. The monoisotopic (exact) mass is 1200 g/mol. The lowest BCUT2D eigenvalue weighted by molar-refractivity contribution is 0.0517. The van der Waals surface area contributed by atoms with E-state index in [1.807, 2.05) is 97.7 Å². The van der Waals surface area contributed by atoms with Gasteiger partial charge in [-0.1, -0.05) is 130 Å². The molecule has 0 aliphatic carbocycles. The summed E-state index contributed by atoms with van der Waals surface area (Å²) in [6, 6.07) is 0. The molecule has 0 aromatic rings. The number of carbonyl (C=O) groups is 2. The molecule has 21 heteroatoms. The number of nitrogens with one attached hydrogen (secondary N) is 12. The first-order chi connectivity index (χ1) is 37.7. The summed E-state index contributed by atoms with van der Waals surface area (Å²) in [4.78, 5) is 22.2.